The van der Waals surface area contributed by atoms with E-state index < -0.39 is 0 Å². The third-order valence-corrected chi connectivity index (χ3v) is 1.82. The van der Waals surface area contributed by atoms with Crippen LogP contribution in [0.25, 0.3) is 0 Å². The minimum Gasteiger partial charge on any atom is -0.394 e. The van der Waals surface area contributed by atoms with Gasteiger partial charge in [-0.1, -0.05) is 27.2 Å². The Morgan fingerprint density at radius 1 is 1.07 bits per heavy atom. The Morgan fingerprint density at radius 3 is 1.93 bits per heavy atom. The van der Waals surface area contributed by atoms with Gasteiger partial charge >= 0.3 is 0 Å². The summed E-state index contributed by atoms with van der Waals surface area (Å²) in [7, 11) is 0. The first kappa shape index (κ1) is 16.3. The second-order valence-corrected chi connectivity index (χ2v) is 3.16. The Bertz CT molecular complexity index is 76.6. The molecule has 0 bridgehead atoms. The van der Waals surface area contributed by atoms with Gasteiger partial charge in [-0.3, -0.25) is 0 Å². The van der Waals surface area contributed by atoms with Crippen LogP contribution >= 0.6 is 0 Å². The summed E-state index contributed by atoms with van der Waals surface area (Å²) < 4.78 is 4.97. The van der Waals surface area contributed by atoms with Crippen LogP contribution in [0.3, 0.4) is 0 Å². The second-order valence-electron chi connectivity index (χ2n) is 3.16. The van der Waals surface area contributed by atoms with Crippen molar-refractivity contribution in [2.45, 2.75) is 52.6 Å². The minimum absolute atomic E-state index is 0.0648. The molecular formula is C11H26O3. The van der Waals surface area contributed by atoms with Gasteiger partial charge in [-0.15, -0.1) is 0 Å². The quantitative estimate of drug-likeness (QED) is 0.626. The Labute approximate surface area is 88.1 Å². The van der Waals surface area contributed by atoms with Crippen molar-refractivity contribution in [2.75, 3.05) is 19.8 Å². The fraction of sp³-hybridized carbons (Fsp3) is 1.00. The monoisotopic (exact) mass is 206 g/mol. The summed E-state index contributed by atoms with van der Waals surface area (Å²) in [4.78, 5) is 0. The lowest BCUT2D eigenvalue weighted by Crippen LogP contribution is -1.99. The molecule has 0 aliphatic rings. The summed E-state index contributed by atoms with van der Waals surface area (Å²) in [5.74, 6) is 0. The van der Waals surface area contributed by atoms with Gasteiger partial charge in [0.1, 0.15) is 0 Å². The van der Waals surface area contributed by atoms with E-state index in [1.165, 1.54) is 0 Å². The topological polar surface area (TPSA) is 49.7 Å². The summed E-state index contributed by atoms with van der Waals surface area (Å²) in [6.07, 6.45) is 3.96. The van der Waals surface area contributed by atoms with Crippen molar-refractivity contribution in [1.29, 1.82) is 0 Å². The summed E-state index contributed by atoms with van der Waals surface area (Å²) in [5.41, 5.74) is 0. The van der Waals surface area contributed by atoms with Gasteiger partial charge in [-0.2, -0.15) is 0 Å². The number of aliphatic hydroxyl groups is 2. The predicted octanol–water partition coefficient (Wildman–Crippen LogP) is 1.96. The highest BCUT2D eigenvalue weighted by atomic mass is 16.5. The van der Waals surface area contributed by atoms with Crippen molar-refractivity contribution in [1.82, 2.24) is 0 Å². The van der Waals surface area contributed by atoms with Crippen molar-refractivity contribution in [3.8, 4) is 0 Å². The van der Waals surface area contributed by atoms with Gasteiger partial charge in [0.25, 0.3) is 0 Å². The van der Waals surface area contributed by atoms with Gasteiger partial charge < -0.3 is 14.9 Å². The molecule has 14 heavy (non-hydrogen) atoms. The fourth-order valence-corrected chi connectivity index (χ4v) is 0.702. The van der Waals surface area contributed by atoms with Crippen LogP contribution in [0.1, 0.15) is 46.5 Å². The summed E-state index contributed by atoms with van der Waals surface area (Å²) in [6.45, 7) is 7.49. The van der Waals surface area contributed by atoms with Crippen molar-refractivity contribution in [3.05, 3.63) is 0 Å². The van der Waals surface area contributed by atoms with Gasteiger partial charge in [0.2, 0.25) is 0 Å². The van der Waals surface area contributed by atoms with E-state index in [-0.39, 0.29) is 12.7 Å². The van der Waals surface area contributed by atoms with Crippen LogP contribution in [0.5, 0.6) is 0 Å². The third-order valence-electron chi connectivity index (χ3n) is 1.82. The van der Waals surface area contributed by atoms with Crippen LogP contribution in [-0.4, -0.2) is 36.1 Å². The summed E-state index contributed by atoms with van der Waals surface area (Å²) >= 11 is 0. The van der Waals surface area contributed by atoms with Crippen molar-refractivity contribution < 1.29 is 14.9 Å². The lowest BCUT2D eigenvalue weighted by atomic mass is 10.2. The van der Waals surface area contributed by atoms with E-state index >= 15 is 0 Å². The molecule has 3 nitrogen and oxygen atoms in total. The molecule has 0 radical (unpaired) electrons. The lowest BCUT2D eigenvalue weighted by molar-refractivity contribution is 0.0904. The molecule has 0 amide bonds. The summed E-state index contributed by atoms with van der Waals surface area (Å²) in [6, 6.07) is 0. The molecule has 88 valence electrons. The van der Waals surface area contributed by atoms with E-state index in [0.29, 0.717) is 6.61 Å². The minimum atomic E-state index is -0.0648. The van der Waals surface area contributed by atoms with Crippen LogP contribution in [0.2, 0.25) is 0 Å². The van der Waals surface area contributed by atoms with Gasteiger partial charge in [-0.05, 0) is 19.3 Å². The molecule has 2 N–H and O–H groups in total. The smallest absolute Gasteiger partial charge is 0.0697 e. The van der Waals surface area contributed by atoms with Crippen LogP contribution in [0.15, 0.2) is 0 Å². The van der Waals surface area contributed by atoms with E-state index in [1.54, 1.807) is 0 Å². The highest BCUT2D eigenvalue weighted by molar-refractivity contribution is 4.43. The molecule has 0 spiro atoms. The normalized spacial score (nSPS) is 9.86. The molecule has 0 atom stereocenters. The molecule has 0 rings (SSSR count). The molecule has 0 saturated heterocycles. The molecule has 0 fully saturated rings. The maximum atomic E-state index is 8.67. The Hall–Kier alpha value is -0.120. The second kappa shape index (κ2) is 15.4. The van der Waals surface area contributed by atoms with Gasteiger partial charge in [0, 0.05) is 6.61 Å². The first-order valence-electron chi connectivity index (χ1n) is 5.59. The van der Waals surface area contributed by atoms with E-state index in [0.717, 1.165) is 32.3 Å². The van der Waals surface area contributed by atoms with Crippen molar-refractivity contribution in [3.63, 3.8) is 0 Å². The van der Waals surface area contributed by atoms with E-state index in [1.807, 2.05) is 13.8 Å². The highest BCUT2D eigenvalue weighted by Crippen LogP contribution is 1.92. The largest absolute Gasteiger partial charge is 0.394 e. The van der Waals surface area contributed by atoms with Crippen LogP contribution in [-0.2, 0) is 4.74 Å². The SMILES string of the molecule is CCC(O)CC.CCCCOCCO. The number of aliphatic hydroxyl groups excluding tert-OH is 2. The Balaban J connectivity index is 0. The molecule has 0 heterocycles. The number of unbranched alkanes of at least 4 members (excludes halogenated alkanes) is 1. The maximum absolute atomic E-state index is 8.67. The molecule has 0 saturated carbocycles. The molecule has 0 unspecified atom stereocenters. The van der Waals surface area contributed by atoms with E-state index in [2.05, 4.69) is 6.92 Å². The number of hydrogen-bond acceptors (Lipinski definition) is 3. The third kappa shape index (κ3) is 17.8. The van der Waals surface area contributed by atoms with Gasteiger partial charge in [0.15, 0.2) is 0 Å². The molecule has 0 aliphatic heterocycles. The average Bonchev–Trinajstić information content (AvgIpc) is 2.24. The zero-order valence-electron chi connectivity index (χ0n) is 9.83. The van der Waals surface area contributed by atoms with E-state index in [9.17, 15) is 0 Å². The fourth-order valence-electron chi connectivity index (χ4n) is 0.702. The number of rotatable bonds is 7. The average molecular weight is 206 g/mol. The zero-order chi connectivity index (χ0) is 11.2. The van der Waals surface area contributed by atoms with Gasteiger partial charge in [0.05, 0.1) is 19.3 Å². The van der Waals surface area contributed by atoms with Crippen molar-refractivity contribution >= 4 is 0 Å². The summed E-state index contributed by atoms with van der Waals surface area (Å²) in [5, 5.41) is 16.9. The van der Waals surface area contributed by atoms with E-state index in [4.69, 9.17) is 14.9 Å². The van der Waals surface area contributed by atoms with Crippen LogP contribution in [0.4, 0.5) is 0 Å². The first-order valence-corrected chi connectivity index (χ1v) is 5.59. The standard InChI is InChI=1S/C6H14O2.C5H12O/c1-2-3-5-8-6-4-7;1-3-5(6)4-2/h7H,2-6H2,1H3;5-6H,3-4H2,1-2H3. The lowest BCUT2D eigenvalue weighted by Gasteiger charge is -1.98. The molecule has 0 aromatic carbocycles. The Morgan fingerprint density at radius 2 is 1.64 bits per heavy atom. The molecule has 0 aromatic heterocycles. The Kier molecular flexibility index (Phi) is 17.9. The molecular weight excluding hydrogens is 180 g/mol. The number of ether oxygens (including phenoxy) is 1. The zero-order valence-corrected chi connectivity index (χ0v) is 9.83. The van der Waals surface area contributed by atoms with Crippen molar-refractivity contribution in [2.24, 2.45) is 0 Å². The van der Waals surface area contributed by atoms with Crippen LogP contribution < -0.4 is 0 Å². The van der Waals surface area contributed by atoms with Crippen LogP contribution in [0, 0.1) is 0 Å². The molecule has 0 aliphatic carbocycles. The highest BCUT2D eigenvalue weighted by Gasteiger charge is 1.90. The maximum Gasteiger partial charge on any atom is 0.0697 e. The number of hydrogen-bond donors (Lipinski definition) is 2. The molecule has 3 heteroatoms. The molecule has 0 aromatic rings. The first-order chi connectivity index (χ1) is 6.72. The van der Waals surface area contributed by atoms with Gasteiger partial charge in [-0.25, -0.2) is 0 Å². The predicted molar refractivity (Wildman–Crippen MR) is 59.4 cm³/mol.